The largest absolute Gasteiger partial charge is 0.480 e. The predicted molar refractivity (Wildman–Crippen MR) is 71.8 cm³/mol. The minimum atomic E-state index is -0.682. The van der Waals surface area contributed by atoms with Crippen molar-refractivity contribution in [1.82, 2.24) is 4.90 Å². The lowest BCUT2D eigenvalue weighted by Gasteiger charge is -2.36. The van der Waals surface area contributed by atoms with Gasteiger partial charge in [-0.3, -0.25) is 9.69 Å². The Morgan fingerprint density at radius 2 is 2.11 bits per heavy atom. The first-order valence-corrected chi connectivity index (χ1v) is 6.91. The average molecular weight is 257 g/mol. The molecule has 0 saturated carbocycles. The van der Waals surface area contributed by atoms with Crippen molar-refractivity contribution in [2.75, 3.05) is 13.7 Å². The molecule has 1 N–H and O–H groups in total. The minimum Gasteiger partial charge on any atom is -0.480 e. The van der Waals surface area contributed by atoms with E-state index >= 15 is 0 Å². The molecule has 0 radical (unpaired) electrons. The number of rotatable bonds is 5. The summed E-state index contributed by atoms with van der Waals surface area (Å²) in [6.45, 7) is 7.11. The van der Waals surface area contributed by atoms with Crippen molar-refractivity contribution in [3.63, 3.8) is 0 Å². The average Bonchev–Trinajstić information content (AvgIpc) is 2.53. The lowest BCUT2D eigenvalue weighted by molar-refractivity contribution is -0.145. The van der Waals surface area contributed by atoms with Crippen LogP contribution in [0.3, 0.4) is 0 Å². The van der Waals surface area contributed by atoms with Crippen LogP contribution in [0.2, 0.25) is 0 Å². The number of likely N-dealkylation sites (tertiary alicyclic amines) is 1. The molecular formula is C14H27NO3. The number of hydrogen-bond acceptors (Lipinski definition) is 3. The zero-order valence-electron chi connectivity index (χ0n) is 12.1. The fraction of sp³-hybridized carbons (Fsp3) is 0.929. The molecule has 1 heterocycles. The molecule has 1 fully saturated rings. The topological polar surface area (TPSA) is 49.8 Å². The van der Waals surface area contributed by atoms with Crippen LogP contribution in [-0.2, 0) is 9.53 Å². The number of methoxy groups -OCH3 is 1. The van der Waals surface area contributed by atoms with Gasteiger partial charge in [0.25, 0.3) is 0 Å². The molecule has 0 amide bonds. The number of aliphatic carboxylic acids is 1. The van der Waals surface area contributed by atoms with Crippen LogP contribution in [0.25, 0.3) is 0 Å². The van der Waals surface area contributed by atoms with E-state index in [0.29, 0.717) is 0 Å². The molecule has 0 aromatic carbocycles. The predicted octanol–water partition coefficient (Wildman–Crippen LogP) is 2.52. The highest BCUT2D eigenvalue weighted by atomic mass is 16.5. The van der Waals surface area contributed by atoms with Gasteiger partial charge in [-0.15, -0.1) is 0 Å². The molecule has 0 bridgehead atoms. The van der Waals surface area contributed by atoms with E-state index in [-0.39, 0.29) is 17.7 Å². The summed E-state index contributed by atoms with van der Waals surface area (Å²) >= 11 is 0. The van der Waals surface area contributed by atoms with Gasteiger partial charge in [0.05, 0.1) is 5.60 Å². The van der Waals surface area contributed by atoms with Crippen LogP contribution in [0, 0.1) is 0 Å². The number of carboxylic acids is 1. The van der Waals surface area contributed by atoms with E-state index in [1.54, 1.807) is 7.11 Å². The molecular weight excluding hydrogens is 230 g/mol. The molecule has 0 spiro atoms. The van der Waals surface area contributed by atoms with Gasteiger partial charge in [0.15, 0.2) is 0 Å². The Labute approximate surface area is 110 Å². The monoisotopic (exact) mass is 257 g/mol. The first-order valence-electron chi connectivity index (χ1n) is 6.91. The van der Waals surface area contributed by atoms with E-state index in [9.17, 15) is 9.90 Å². The lowest BCUT2D eigenvalue weighted by atomic mass is 9.97. The third-order valence-electron chi connectivity index (χ3n) is 3.98. The summed E-state index contributed by atoms with van der Waals surface area (Å²) in [5.74, 6) is -0.682. The van der Waals surface area contributed by atoms with Crippen molar-refractivity contribution in [3.05, 3.63) is 0 Å². The third kappa shape index (κ3) is 4.25. The molecule has 4 heteroatoms. The second-order valence-electron chi connectivity index (χ2n) is 5.96. The van der Waals surface area contributed by atoms with Gasteiger partial charge in [0.2, 0.25) is 0 Å². The van der Waals surface area contributed by atoms with E-state index in [1.165, 1.54) is 0 Å². The lowest BCUT2D eigenvalue weighted by Crippen LogP contribution is -2.48. The van der Waals surface area contributed by atoms with Crippen LogP contribution in [-0.4, -0.2) is 47.3 Å². The van der Waals surface area contributed by atoms with Crippen LogP contribution >= 0.6 is 0 Å². The van der Waals surface area contributed by atoms with E-state index in [1.807, 2.05) is 0 Å². The highest BCUT2D eigenvalue weighted by molar-refractivity contribution is 5.73. The van der Waals surface area contributed by atoms with Gasteiger partial charge in [0, 0.05) is 13.2 Å². The second-order valence-corrected chi connectivity index (χ2v) is 5.96. The molecule has 1 aliphatic heterocycles. The van der Waals surface area contributed by atoms with Crippen molar-refractivity contribution < 1.29 is 14.6 Å². The first-order chi connectivity index (χ1) is 8.37. The number of nitrogens with zero attached hydrogens (tertiary/aromatic N) is 1. The van der Waals surface area contributed by atoms with Gasteiger partial charge in [0.1, 0.15) is 6.04 Å². The standard InChI is InChI=1S/C14H27NO3/c1-11(10-14(2,3)18-4)15-9-7-5-6-8-12(15)13(16)17/h11-12H,5-10H2,1-4H3,(H,16,17). The second kappa shape index (κ2) is 6.53. The Bertz CT molecular complexity index is 278. The highest BCUT2D eigenvalue weighted by Crippen LogP contribution is 2.25. The SMILES string of the molecule is COC(C)(C)CC(C)N1CCCCCC1C(=O)O. The van der Waals surface area contributed by atoms with Gasteiger partial charge in [-0.05, 0) is 46.6 Å². The molecule has 106 valence electrons. The Morgan fingerprint density at radius 1 is 1.44 bits per heavy atom. The van der Waals surface area contributed by atoms with Crippen LogP contribution < -0.4 is 0 Å². The van der Waals surface area contributed by atoms with E-state index < -0.39 is 5.97 Å². The summed E-state index contributed by atoms with van der Waals surface area (Å²) in [4.78, 5) is 13.5. The van der Waals surface area contributed by atoms with Gasteiger partial charge in [-0.25, -0.2) is 0 Å². The Kier molecular flexibility index (Phi) is 5.60. The summed E-state index contributed by atoms with van der Waals surface area (Å²) in [7, 11) is 1.71. The van der Waals surface area contributed by atoms with Gasteiger partial charge in [-0.2, -0.15) is 0 Å². The summed E-state index contributed by atoms with van der Waals surface area (Å²) in [6, 6.07) is -0.0886. The Balaban J connectivity index is 2.72. The molecule has 2 atom stereocenters. The fourth-order valence-electron chi connectivity index (χ4n) is 2.84. The quantitative estimate of drug-likeness (QED) is 0.822. The molecule has 0 aromatic rings. The van der Waals surface area contributed by atoms with Gasteiger partial charge < -0.3 is 9.84 Å². The van der Waals surface area contributed by atoms with E-state index in [4.69, 9.17) is 4.74 Å². The van der Waals surface area contributed by atoms with Gasteiger partial charge >= 0.3 is 5.97 Å². The molecule has 18 heavy (non-hydrogen) atoms. The molecule has 1 rings (SSSR count). The molecule has 4 nitrogen and oxygen atoms in total. The zero-order valence-corrected chi connectivity index (χ0v) is 12.1. The van der Waals surface area contributed by atoms with Crippen LogP contribution in [0.5, 0.6) is 0 Å². The van der Waals surface area contributed by atoms with Crippen LogP contribution in [0.15, 0.2) is 0 Å². The number of ether oxygens (including phenoxy) is 1. The maximum Gasteiger partial charge on any atom is 0.320 e. The molecule has 2 unspecified atom stereocenters. The number of carbonyl (C=O) groups is 1. The van der Waals surface area contributed by atoms with Crippen LogP contribution in [0.1, 0.15) is 52.9 Å². The Morgan fingerprint density at radius 3 is 2.67 bits per heavy atom. The van der Waals surface area contributed by atoms with Crippen molar-refractivity contribution >= 4 is 5.97 Å². The molecule has 0 aliphatic carbocycles. The highest BCUT2D eigenvalue weighted by Gasteiger charge is 2.33. The van der Waals surface area contributed by atoms with E-state index in [0.717, 1.165) is 38.6 Å². The summed E-state index contributed by atoms with van der Waals surface area (Å²) in [5.41, 5.74) is -0.200. The molecule has 1 saturated heterocycles. The van der Waals surface area contributed by atoms with Crippen molar-refractivity contribution in [1.29, 1.82) is 0 Å². The Hall–Kier alpha value is -0.610. The van der Waals surface area contributed by atoms with Crippen LogP contribution in [0.4, 0.5) is 0 Å². The van der Waals surface area contributed by atoms with Gasteiger partial charge in [-0.1, -0.05) is 12.8 Å². The summed E-state index contributed by atoms with van der Waals surface area (Å²) < 4.78 is 5.45. The first kappa shape index (κ1) is 15.4. The number of carboxylic acid groups (broad SMARTS) is 1. The summed E-state index contributed by atoms with van der Waals surface area (Å²) in [5, 5.41) is 9.37. The zero-order chi connectivity index (χ0) is 13.8. The molecule has 0 aromatic heterocycles. The van der Waals surface area contributed by atoms with Crippen molar-refractivity contribution in [2.24, 2.45) is 0 Å². The maximum atomic E-state index is 11.4. The number of hydrogen-bond donors (Lipinski definition) is 1. The van der Waals surface area contributed by atoms with E-state index in [2.05, 4.69) is 25.7 Å². The van der Waals surface area contributed by atoms with Crippen molar-refractivity contribution in [3.8, 4) is 0 Å². The molecule has 1 aliphatic rings. The fourth-order valence-corrected chi connectivity index (χ4v) is 2.84. The maximum absolute atomic E-state index is 11.4. The summed E-state index contributed by atoms with van der Waals surface area (Å²) in [6.07, 6.45) is 4.89. The normalized spacial score (nSPS) is 24.6. The minimum absolute atomic E-state index is 0.200. The smallest absolute Gasteiger partial charge is 0.320 e. The van der Waals surface area contributed by atoms with Crippen molar-refractivity contribution in [2.45, 2.75) is 70.6 Å². The third-order valence-corrected chi connectivity index (χ3v) is 3.98.